The number of halogens is 1. The van der Waals surface area contributed by atoms with Crippen molar-refractivity contribution in [2.75, 3.05) is 0 Å². The van der Waals surface area contributed by atoms with Gasteiger partial charge in [0.2, 0.25) is 0 Å². The molecule has 1 aromatic heterocycles. The molecule has 0 unspecified atom stereocenters. The zero-order valence-corrected chi connectivity index (χ0v) is 9.35. The Labute approximate surface area is 92.9 Å². The molecule has 0 amide bonds. The summed E-state index contributed by atoms with van der Waals surface area (Å²) in [5, 5.41) is 11.7. The lowest BCUT2D eigenvalue weighted by Crippen LogP contribution is -1.87. The van der Waals surface area contributed by atoms with Crippen LogP contribution in [0, 0.1) is 11.3 Å². The van der Waals surface area contributed by atoms with Gasteiger partial charge in [-0.15, -0.1) is 11.3 Å². The van der Waals surface area contributed by atoms with Gasteiger partial charge in [-0.1, -0.05) is 15.9 Å². The Balaban J connectivity index is 2.97. The summed E-state index contributed by atoms with van der Waals surface area (Å²) in [6.45, 7) is 0. The first kappa shape index (κ1) is 9.38. The van der Waals surface area contributed by atoms with Crippen molar-refractivity contribution in [2.45, 2.75) is 0 Å². The predicted octanol–water partition coefficient (Wildman–Crippen LogP) is 3.35. The minimum Gasteiger partial charge on any atom is -0.298 e. The van der Waals surface area contributed by atoms with Gasteiger partial charge in [-0.2, -0.15) is 5.26 Å². The molecular weight excluding hydrogens is 262 g/mol. The first-order valence-corrected chi connectivity index (χ1v) is 5.50. The normalized spacial score (nSPS) is 10.0. The van der Waals surface area contributed by atoms with Gasteiger partial charge in [-0.25, -0.2) is 0 Å². The highest BCUT2D eigenvalue weighted by Crippen LogP contribution is 2.32. The second-order valence-electron chi connectivity index (χ2n) is 2.71. The molecule has 4 heteroatoms. The summed E-state index contributed by atoms with van der Waals surface area (Å²) in [5.74, 6) is 0. The number of nitriles is 1. The van der Waals surface area contributed by atoms with Gasteiger partial charge in [-0.05, 0) is 17.5 Å². The smallest absolute Gasteiger partial charge is 0.152 e. The van der Waals surface area contributed by atoms with Crippen LogP contribution in [0.4, 0.5) is 0 Å². The van der Waals surface area contributed by atoms with E-state index < -0.39 is 0 Å². The topological polar surface area (TPSA) is 40.9 Å². The first-order chi connectivity index (χ1) is 6.77. The SMILES string of the molecule is N#Cc1cc(Br)c2ccsc2c1C=O. The standard InChI is InChI=1S/C10H4BrNOS/c11-9-3-6(4-12)8(5-13)10-7(9)1-2-14-10/h1-3,5H. The monoisotopic (exact) mass is 265 g/mol. The van der Waals surface area contributed by atoms with E-state index in [1.54, 1.807) is 6.07 Å². The molecule has 0 aliphatic rings. The second kappa shape index (κ2) is 3.52. The average molecular weight is 266 g/mol. The number of carbonyl (C=O) groups excluding carboxylic acids is 1. The fourth-order valence-electron chi connectivity index (χ4n) is 1.32. The highest BCUT2D eigenvalue weighted by atomic mass is 79.9. The maximum Gasteiger partial charge on any atom is 0.152 e. The first-order valence-electron chi connectivity index (χ1n) is 3.83. The van der Waals surface area contributed by atoms with Crippen molar-refractivity contribution in [1.82, 2.24) is 0 Å². The van der Waals surface area contributed by atoms with Crippen LogP contribution >= 0.6 is 27.3 Å². The predicted molar refractivity (Wildman–Crippen MR) is 59.6 cm³/mol. The molecule has 0 spiro atoms. The summed E-state index contributed by atoms with van der Waals surface area (Å²) in [7, 11) is 0. The Morgan fingerprint density at radius 3 is 3.00 bits per heavy atom. The van der Waals surface area contributed by atoms with Crippen molar-refractivity contribution in [3.8, 4) is 6.07 Å². The summed E-state index contributed by atoms with van der Waals surface area (Å²) in [5.41, 5.74) is 0.905. The molecular formula is C10H4BrNOS. The van der Waals surface area contributed by atoms with Gasteiger partial charge in [0.15, 0.2) is 6.29 Å². The molecule has 0 saturated carbocycles. The third-order valence-corrected chi connectivity index (χ3v) is 3.57. The van der Waals surface area contributed by atoms with Gasteiger partial charge < -0.3 is 0 Å². The molecule has 0 fully saturated rings. The third-order valence-electron chi connectivity index (χ3n) is 1.97. The molecule has 14 heavy (non-hydrogen) atoms. The lowest BCUT2D eigenvalue weighted by molar-refractivity contribution is 0.112. The van der Waals surface area contributed by atoms with Crippen LogP contribution in [0.5, 0.6) is 0 Å². The van der Waals surface area contributed by atoms with Crippen molar-refractivity contribution < 1.29 is 4.79 Å². The number of thiophene rings is 1. The second-order valence-corrected chi connectivity index (χ2v) is 4.48. The summed E-state index contributed by atoms with van der Waals surface area (Å²) in [6, 6.07) is 5.62. The minimum atomic E-state index is 0.418. The van der Waals surface area contributed by atoms with Gasteiger partial charge in [0.05, 0.1) is 11.6 Å². The van der Waals surface area contributed by atoms with Crippen molar-refractivity contribution in [1.29, 1.82) is 5.26 Å². The van der Waals surface area contributed by atoms with Crippen LogP contribution in [0.3, 0.4) is 0 Å². The summed E-state index contributed by atoms with van der Waals surface area (Å²) in [6.07, 6.45) is 0.740. The van der Waals surface area contributed by atoms with E-state index in [1.807, 2.05) is 17.5 Å². The zero-order chi connectivity index (χ0) is 10.1. The van der Waals surface area contributed by atoms with Gasteiger partial charge in [-0.3, -0.25) is 4.79 Å². The van der Waals surface area contributed by atoms with Crippen LogP contribution in [0.1, 0.15) is 15.9 Å². The highest BCUT2D eigenvalue weighted by molar-refractivity contribution is 9.10. The van der Waals surface area contributed by atoms with Crippen molar-refractivity contribution in [2.24, 2.45) is 0 Å². The molecule has 2 aromatic rings. The number of fused-ring (bicyclic) bond motifs is 1. The molecule has 0 radical (unpaired) electrons. The molecule has 1 aromatic carbocycles. The Hall–Kier alpha value is -1.18. The van der Waals surface area contributed by atoms with Gasteiger partial charge >= 0.3 is 0 Å². The van der Waals surface area contributed by atoms with E-state index in [9.17, 15) is 4.79 Å². The van der Waals surface area contributed by atoms with Gasteiger partial charge in [0, 0.05) is 20.1 Å². The molecule has 2 rings (SSSR count). The summed E-state index contributed by atoms with van der Waals surface area (Å²) in [4.78, 5) is 10.8. The summed E-state index contributed by atoms with van der Waals surface area (Å²) < 4.78 is 1.72. The van der Waals surface area contributed by atoms with E-state index in [2.05, 4.69) is 15.9 Å². The van der Waals surface area contributed by atoms with E-state index in [4.69, 9.17) is 5.26 Å². The van der Waals surface area contributed by atoms with Gasteiger partial charge in [0.1, 0.15) is 0 Å². The lowest BCUT2D eigenvalue weighted by atomic mass is 10.1. The van der Waals surface area contributed by atoms with Crippen LogP contribution in [0.15, 0.2) is 22.0 Å². The Morgan fingerprint density at radius 2 is 2.36 bits per heavy atom. The molecule has 0 aliphatic heterocycles. The summed E-state index contributed by atoms with van der Waals surface area (Å²) >= 11 is 4.84. The minimum absolute atomic E-state index is 0.418. The van der Waals surface area contributed by atoms with E-state index in [0.29, 0.717) is 11.1 Å². The van der Waals surface area contributed by atoms with Crippen LogP contribution < -0.4 is 0 Å². The largest absolute Gasteiger partial charge is 0.298 e. The van der Waals surface area contributed by atoms with Crippen LogP contribution in [0.25, 0.3) is 10.1 Å². The molecule has 68 valence electrons. The number of benzene rings is 1. The molecule has 0 bridgehead atoms. The number of hydrogen-bond acceptors (Lipinski definition) is 3. The molecule has 0 N–H and O–H groups in total. The molecule has 0 saturated heterocycles. The number of hydrogen-bond donors (Lipinski definition) is 0. The molecule has 0 aliphatic carbocycles. The Morgan fingerprint density at radius 1 is 1.57 bits per heavy atom. The number of carbonyl (C=O) groups is 1. The number of aldehydes is 1. The Kier molecular flexibility index (Phi) is 2.36. The maximum absolute atomic E-state index is 10.8. The fraction of sp³-hybridized carbons (Fsp3) is 0. The van der Waals surface area contributed by atoms with Crippen LogP contribution in [-0.2, 0) is 0 Å². The average Bonchev–Trinajstić information content (AvgIpc) is 2.66. The number of rotatable bonds is 1. The lowest BCUT2D eigenvalue weighted by Gasteiger charge is -1.99. The zero-order valence-electron chi connectivity index (χ0n) is 6.95. The maximum atomic E-state index is 10.8. The van der Waals surface area contributed by atoms with E-state index in [0.717, 1.165) is 20.8 Å². The van der Waals surface area contributed by atoms with E-state index in [-0.39, 0.29) is 0 Å². The quantitative estimate of drug-likeness (QED) is 0.742. The number of nitrogens with zero attached hydrogens (tertiary/aromatic N) is 1. The van der Waals surface area contributed by atoms with Crippen molar-refractivity contribution >= 4 is 43.6 Å². The van der Waals surface area contributed by atoms with Crippen molar-refractivity contribution in [3.63, 3.8) is 0 Å². The third kappa shape index (κ3) is 1.26. The molecule has 0 atom stereocenters. The van der Waals surface area contributed by atoms with Crippen LogP contribution in [0.2, 0.25) is 0 Å². The fourth-order valence-corrected chi connectivity index (χ4v) is 2.94. The van der Waals surface area contributed by atoms with E-state index >= 15 is 0 Å². The molecule has 1 heterocycles. The van der Waals surface area contributed by atoms with Crippen molar-refractivity contribution in [3.05, 3.63) is 33.1 Å². The van der Waals surface area contributed by atoms with E-state index in [1.165, 1.54) is 11.3 Å². The highest BCUT2D eigenvalue weighted by Gasteiger charge is 2.10. The molecule has 2 nitrogen and oxygen atoms in total. The van der Waals surface area contributed by atoms with Gasteiger partial charge in [0.25, 0.3) is 0 Å². The Bertz CT molecular complexity index is 553. The van der Waals surface area contributed by atoms with Crippen LogP contribution in [-0.4, -0.2) is 6.29 Å².